The Morgan fingerprint density at radius 1 is 1.07 bits per heavy atom. The molecule has 0 amide bonds. The van der Waals surface area contributed by atoms with Crippen LogP contribution >= 0.6 is 0 Å². The van der Waals surface area contributed by atoms with Gasteiger partial charge in [0.1, 0.15) is 6.33 Å². The maximum Gasteiger partial charge on any atom is 0.165 e. The average Bonchev–Trinajstić information content (AvgIpc) is 3.45. The van der Waals surface area contributed by atoms with E-state index in [4.69, 9.17) is 10.00 Å². The molecule has 8 nitrogen and oxygen atoms in total. The van der Waals surface area contributed by atoms with Gasteiger partial charge in [-0.2, -0.15) is 5.26 Å². The number of imidazole rings is 1. The van der Waals surface area contributed by atoms with Gasteiger partial charge in [-0.1, -0.05) is 12.1 Å². The molecule has 3 aromatic rings. The number of rotatable bonds is 6. The van der Waals surface area contributed by atoms with E-state index in [1.807, 2.05) is 23.0 Å². The number of nitriles is 1. The van der Waals surface area contributed by atoms with Crippen molar-refractivity contribution in [2.75, 3.05) is 44.8 Å². The van der Waals surface area contributed by atoms with Gasteiger partial charge in [-0.15, -0.1) is 0 Å². The molecule has 0 radical (unpaired) electrons. The maximum absolute atomic E-state index is 8.96. The molecule has 0 aliphatic carbocycles. The quantitative estimate of drug-likeness (QED) is 0.622. The highest BCUT2D eigenvalue weighted by atomic mass is 16.5. The number of ether oxygens (including phenoxy) is 1. The Kier molecular flexibility index (Phi) is 5.07. The molecular weight excluding hydrogens is 378 g/mol. The average molecular weight is 403 g/mol. The van der Waals surface area contributed by atoms with Crippen LogP contribution in [0.3, 0.4) is 0 Å². The topological polar surface area (TPSA) is 83.1 Å². The van der Waals surface area contributed by atoms with Crippen molar-refractivity contribution < 1.29 is 4.74 Å². The van der Waals surface area contributed by atoms with Gasteiger partial charge in [0.25, 0.3) is 0 Å². The second kappa shape index (κ2) is 8.01. The van der Waals surface area contributed by atoms with Crippen molar-refractivity contribution in [2.45, 2.75) is 13.1 Å². The molecular formula is C22H25N7O. The Hall–Kier alpha value is -3.02. The smallest absolute Gasteiger partial charge is 0.165 e. The van der Waals surface area contributed by atoms with E-state index < -0.39 is 0 Å². The van der Waals surface area contributed by atoms with E-state index in [1.54, 1.807) is 13.4 Å². The van der Waals surface area contributed by atoms with E-state index in [9.17, 15) is 0 Å². The highest BCUT2D eigenvalue weighted by Crippen LogP contribution is 2.35. The first kappa shape index (κ1) is 19.0. The first-order valence-electron chi connectivity index (χ1n) is 10.4. The monoisotopic (exact) mass is 403 g/mol. The minimum absolute atomic E-state index is 0.633. The molecule has 30 heavy (non-hydrogen) atoms. The van der Waals surface area contributed by atoms with Gasteiger partial charge in [-0.05, 0) is 29.5 Å². The number of aromatic nitrogens is 4. The number of benzene rings is 1. The van der Waals surface area contributed by atoms with E-state index >= 15 is 0 Å². The van der Waals surface area contributed by atoms with E-state index in [0.717, 1.165) is 56.3 Å². The predicted molar refractivity (Wildman–Crippen MR) is 113 cm³/mol. The van der Waals surface area contributed by atoms with Gasteiger partial charge in [0.2, 0.25) is 0 Å². The Bertz CT molecular complexity index is 1060. The van der Waals surface area contributed by atoms with Crippen LogP contribution in [-0.4, -0.2) is 64.3 Å². The van der Waals surface area contributed by atoms with Gasteiger partial charge in [-0.3, -0.25) is 4.90 Å². The summed E-state index contributed by atoms with van der Waals surface area (Å²) in [6, 6.07) is 10.1. The minimum Gasteiger partial charge on any atom is -0.383 e. The highest BCUT2D eigenvalue weighted by molar-refractivity contribution is 5.83. The van der Waals surface area contributed by atoms with Crippen molar-refractivity contribution in [1.29, 1.82) is 5.26 Å². The SMILES string of the molecule is COCCn1cnc2c(N3CC4CN(Cc5ccc(C#N)cc5)CC4C3)ncnc21. The van der Waals surface area contributed by atoms with Crippen LogP contribution in [-0.2, 0) is 17.8 Å². The molecule has 2 aromatic heterocycles. The zero-order valence-electron chi connectivity index (χ0n) is 17.1. The molecule has 4 heterocycles. The Morgan fingerprint density at radius 3 is 2.53 bits per heavy atom. The van der Waals surface area contributed by atoms with Crippen molar-refractivity contribution in [2.24, 2.45) is 11.8 Å². The van der Waals surface area contributed by atoms with Gasteiger partial charge < -0.3 is 14.2 Å². The maximum atomic E-state index is 8.96. The second-order valence-electron chi connectivity index (χ2n) is 8.23. The van der Waals surface area contributed by atoms with Crippen LogP contribution in [0.1, 0.15) is 11.1 Å². The van der Waals surface area contributed by atoms with E-state index in [-0.39, 0.29) is 0 Å². The van der Waals surface area contributed by atoms with Gasteiger partial charge in [0.05, 0.1) is 24.6 Å². The lowest BCUT2D eigenvalue weighted by molar-refractivity contribution is 0.188. The minimum atomic E-state index is 0.633. The number of fused-ring (bicyclic) bond motifs is 2. The summed E-state index contributed by atoms with van der Waals surface area (Å²) in [4.78, 5) is 18.5. The molecule has 0 spiro atoms. The summed E-state index contributed by atoms with van der Waals surface area (Å²) in [7, 11) is 1.70. The van der Waals surface area contributed by atoms with Crippen LogP contribution in [0.4, 0.5) is 5.82 Å². The fourth-order valence-electron chi connectivity index (χ4n) is 4.79. The van der Waals surface area contributed by atoms with Crippen molar-refractivity contribution in [1.82, 2.24) is 24.4 Å². The van der Waals surface area contributed by atoms with Crippen LogP contribution in [0, 0.1) is 23.2 Å². The molecule has 0 bridgehead atoms. The number of methoxy groups -OCH3 is 1. The van der Waals surface area contributed by atoms with Gasteiger partial charge in [0, 0.05) is 46.4 Å². The molecule has 1 aromatic carbocycles. The molecule has 2 aliphatic rings. The number of hydrogen-bond acceptors (Lipinski definition) is 7. The summed E-state index contributed by atoms with van der Waals surface area (Å²) in [6.45, 7) is 6.51. The molecule has 8 heteroatoms. The largest absolute Gasteiger partial charge is 0.383 e. The molecule has 0 saturated carbocycles. The zero-order chi connectivity index (χ0) is 20.5. The number of anilines is 1. The standard InChI is InChI=1S/C22H25N7O/c1-30-7-6-28-15-26-20-21(28)24-14-25-22(20)29-12-18-10-27(11-19(18)13-29)9-17-4-2-16(8-23)3-5-17/h2-5,14-15,18-19H,6-7,9-13H2,1H3. The molecule has 0 N–H and O–H groups in total. The summed E-state index contributed by atoms with van der Waals surface area (Å²) in [6.07, 6.45) is 3.48. The number of nitrogens with zero attached hydrogens (tertiary/aromatic N) is 7. The number of hydrogen-bond donors (Lipinski definition) is 0. The summed E-state index contributed by atoms with van der Waals surface area (Å²) in [5.74, 6) is 2.23. The fraction of sp³-hybridized carbons (Fsp3) is 0.455. The van der Waals surface area contributed by atoms with Gasteiger partial charge in [-0.25, -0.2) is 15.0 Å². The first-order valence-corrected chi connectivity index (χ1v) is 10.4. The van der Waals surface area contributed by atoms with Crippen molar-refractivity contribution in [3.8, 4) is 6.07 Å². The van der Waals surface area contributed by atoms with Crippen LogP contribution in [0.25, 0.3) is 11.2 Å². The molecule has 5 rings (SSSR count). The second-order valence-corrected chi connectivity index (χ2v) is 8.23. The molecule has 2 saturated heterocycles. The summed E-state index contributed by atoms with van der Waals surface area (Å²) < 4.78 is 7.22. The van der Waals surface area contributed by atoms with Gasteiger partial charge >= 0.3 is 0 Å². The molecule has 2 fully saturated rings. The Morgan fingerprint density at radius 2 is 1.83 bits per heavy atom. The predicted octanol–water partition coefficient (Wildman–Crippen LogP) is 1.91. The van der Waals surface area contributed by atoms with E-state index in [1.165, 1.54) is 5.56 Å². The fourth-order valence-corrected chi connectivity index (χ4v) is 4.79. The van der Waals surface area contributed by atoms with Crippen LogP contribution < -0.4 is 4.90 Å². The lowest BCUT2D eigenvalue weighted by atomic mass is 10.0. The molecule has 2 aliphatic heterocycles. The lowest BCUT2D eigenvalue weighted by Crippen LogP contribution is -2.29. The van der Waals surface area contributed by atoms with Crippen LogP contribution in [0.15, 0.2) is 36.9 Å². The summed E-state index contributed by atoms with van der Waals surface area (Å²) >= 11 is 0. The summed E-state index contributed by atoms with van der Waals surface area (Å²) in [5.41, 5.74) is 3.73. The Balaban J connectivity index is 1.25. The van der Waals surface area contributed by atoms with Crippen molar-refractivity contribution in [3.63, 3.8) is 0 Å². The van der Waals surface area contributed by atoms with Crippen LogP contribution in [0.5, 0.6) is 0 Å². The zero-order valence-corrected chi connectivity index (χ0v) is 17.1. The third-order valence-corrected chi connectivity index (χ3v) is 6.27. The first-order chi connectivity index (χ1) is 14.7. The lowest BCUT2D eigenvalue weighted by Gasteiger charge is -2.22. The van der Waals surface area contributed by atoms with Crippen molar-refractivity contribution in [3.05, 3.63) is 48.0 Å². The van der Waals surface area contributed by atoms with E-state index in [0.29, 0.717) is 24.0 Å². The number of likely N-dealkylation sites (tertiary alicyclic amines) is 1. The Labute approximate surface area is 175 Å². The third kappa shape index (κ3) is 3.51. The molecule has 2 unspecified atom stereocenters. The summed E-state index contributed by atoms with van der Waals surface area (Å²) in [5, 5.41) is 8.96. The normalized spacial score (nSPS) is 21.3. The van der Waals surface area contributed by atoms with E-state index in [2.05, 4.69) is 43.0 Å². The van der Waals surface area contributed by atoms with Crippen molar-refractivity contribution >= 4 is 17.0 Å². The molecule has 154 valence electrons. The highest BCUT2D eigenvalue weighted by Gasteiger charge is 2.40. The van der Waals surface area contributed by atoms with Crippen LogP contribution in [0.2, 0.25) is 0 Å². The van der Waals surface area contributed by atoms with Gasteiger partial charge in [0.15, 0.2) is 17.0 Å². The third-order valence-electron chi connectivity index (χ3n) is 6.27. The molecule has 2 atom stereocenters.